The second-order valence-corrected chi connectivity index (χ2v) is 5.79. The fraction of sp³-hybridized carbons (Fsp3) is 0.467. The minimum absolute atomic E-state index is 0.0584. The largest absolute Gasteiger partial charge is 0.478 e. The number of carbonyl (C=O) groups excluding carboxylic acids is 1. The number of hydrogen-bond donors (Lipinski definition) is 2. The van der Waals surface area contributed by atoms with Crippen molar-refractivity contribution in [2.24, 2.45) is 5.92 Å². The summed E-state index contributed by atoms with van der Waals surface area (Å²) in [4.78, 5) is 24.9. The maximum absolute atomic E-state index is 12.2. The molecule has 114 valence electrons. The standard InChI is InChI=1S/C15H19ClN2O3/c1-2-3-10-4-5-18(9-10)15(21)17-13-7-11(14(19)20)6-12(16)8-13/h6-8,10H,2-5,9H2,1H3,(H,17,21)(H,19,20). The minimum atomic E-state index is -1.07. The highest BCUT2D eigenvalue weighted by molar-refractivity contribution is 6.31. The SMILES string of the molecule is CCCC1CCN(C(=O)Nc2cc(Cl)cc(C(=O)O)c2)C1. The van der Waals surface area contributed by atoms with Gasteiger partial charge in [-0.2, -0.15) is 0 Å². The van der Waals surface area contributed by atoms with E-state index >= 15 is 0 Å². The molecule has 5 nitrogen and oxygen atoms in total. The van der Waals surface area contributed by atoms with Crippen molar-refractivity contribution < 1.29 is 14.7 Å². The summed E-state index contributed by atoms with van der Waals surface area (Å²) in [6.07, 6.45) is 3.28. The van der Waals surface area contributed by atoms with Crippen LogP contribution < -0.4 is 5.32 Å². The van der Waals surface area contributed by atoms with Crippen molar-refractivity contribution in [2.75, 3.05) is 18.4 Å². The van der Waals surface area contributed by atoms with Crippen molar-refractivity contribution in [1.82, 2.24) is 4.90 Å². The molecule has 1 aromatic rings. The van der Waals surface area contributed by atoms with Gasteiger partial charge in [0, 0.05) is 23.8 Å². The molecule has 0 aliphatic carbocycles. The maximum atomic E-state index is 12.2. The lowest BCUT2D eigenvalue weighted by atomic mass is 10.0. The number of anilines is 1. The zero-order chi connectivity index (χ0) is 15.4. The van der Waals surface area contributed by atoms with E-state index in [9.17, 15) is 9.59 Å². The van der Waals surface area contributed by atoms with E-state index in [-0.39, 0.29) is 16.6 Å². The van der Waals surface area contributed by atoms with E-state index in [0.29, 0.717) is 11.6 Å². The van der Waals surface area contributed by atoms with Crippen LogP contribution in [0, 0.1) is 5.92 Å². The highest BCUT2D eigenvalue weighted by atomic mass is 35.5. The lowest BCUT2D eigenvalue weighted by Gasteiger charge is -2.17. The maximum Gasteiger partial charge on any atom is 0.335 e. The van der Waals surface area contributed by atoms with Crippen molar-refractivity contribution in [3.8, 4) is 0 Å². The third-order valence-electron chi connectivity index (χ3n) is 3.67. The number of urea groups is 1. The molecule has 21 heavy (non-hydrogen) atoms. The van der Waals surface area contributed by atoms with Crippen LogP contribution in [0.15, 0.2) is 18.2 Å². The predicted octanol–water partition coefficient (Wildman–Crippen LogP) is 3.69. The van der Waals surface area contributed by atoms with Crippen molar-refractivity contribution in [3.05, 3.63) is 28.8 Å². The molecule has 0 bridgehead atoms. The fourth-order valence-corrected chi connectivity index (χ4v) is 2.88. The summed E-state index contributed by atoms with van der Waals surface area (Å²) in [7, 11) is 0. The Labute approximate surface area is 128 Å². The van der Waals surface area contributed by atoms with Crippen LogP contribution in [0.3, 0.4) is 0 Å². The molecule has 1 fully saturated rings. The average Bonchev–Trinajstić information content (AvgIpc) is 2.87. The molecular weight excluding hydrogens is 292 g/mol. The summed E-state index contributed by atoms with van der Waals surface area (Å²) in [5.74, 6) is -0.508. The number of halogens is 1. The number of aromatic carboxylic acids is 1. The van der Waals surface area contributed by atoms with E-state index in [2.05, 4.69) is 12.2 Å². The summed E-state index contributed by atoms with van der Waals surface area (Å²) in [6.45, 7) is 3.64. The lowest BCUT2D eigenvalue weighted by molar-refractivity contribution is 0.0697. The van der Waals surface area contributed by atoms with E-state index in [0.717, 1.165) is 32.4 Å². The highest BCUT2D eigenvalue weighted by Crippen LogP contribution is 2.23. The van der Waals surface area contributed by atoms with Gasteiger partial charge in [-0.05, 0) is 37.0 Å². The molecule has 1 aromatic carbocycles. The molecule has 2 N–H and O–H groups in total. The van der Waals surface area contributed by atoms with Gasteiger partial charge < -0.3 is 15.3 Å². The second-order valence-electron chi connectivity index (χ2n) is 5.35. The number of nitrogens with zero attached hydrogens (tertiary/aromatic N) is 1. The van der Waals surface area contributed by atoms with Crippen LogP contribution >= 0.6 is 11.6 Å². The van der Waals surface area contributed by atoms with E-state index < -0.39 is 5.97 Å². The van der Waals surface area contributed by atoms with Crippen LogP contribution in [-0.2, 0) is 0 Å². The Hall–Kier alpha value is -1.75. The number of likely N-dealkylation sites (tertiary alicyclic amines) is 1. The molecule has 1 aliphatic rings. The van der Waals surface area contributed by atoms with Crippen LogP contribution in [0.5, 0.6) is 0 Å². The molecule has 1 aliphatic heterocycles. The van der Waals surface area contributed by atoms with Gasteiger partial charge in [-0.25, -0.2) is 9.59 Å². The first-order valence-electron chi connectivity index (χ1n) is 7.09. The monoisotopic (exact) mass is 310 g/mol. The highest BCUT2D eigenvalue weighted by Gasteiger charge is 2.25. The van der Waals surface area contributed by atoms with E-state index in [4.69, 9.17) is 16.7 Å². The van der Waals surface area contributed by atoms with Crippen LogP contribution in [0.2, 0.25) is 5.02 Å². The predicted molar refractivity (Wildman–Crippen MR) is 82.0 cm³/mol. The second kappa shape index (κ2) is 6.80. The molecule has 0 saturated carbocycles. The average molecular weight is 311 g/mol. The molecule has 6 heteroatoms. The summed E-state index contributed by atoms with van der Waals surface area (Å²) in [5.41, 5.74) is 0.465. The molecule has 0 aromatic heterocycles. The number of amides is 2. The zero-order valence-corrected chi connectivity index (χ0v) is 12.7. The smallest absolute Gasteiger partial charge is 0.335 e. The lowest BCUT2D eigenvalue weighted by Crippen LogP contribution is -2.33. The van der Waals surface area contributed by atoms with Gasteiger partial charge >= 0.3 is 12.0 Å². The van der Waals surface area contributed by atoms with Crippen LogP contribution in [0.4, 0.5) is 10.5 Å². The van der Waals surface area contributed by atoms with Crippen molar-refractivity contribution >= 4 is 29.3 Å². The molecule has 1 heterocycles. The van der Waals surface area contributed by atoms with Gasteiger partial charge in [0.15, 0.2) is 0 Å². The normalized spacial score (nSPS) is 17.8. The van der Waals surface area contributed by atoms with E-state index in [1.807, 2.05) is 0 Å². The molecule has 1 atom stereocenters. The van der Waals surface area contributed by atoms with Crippen LogP contribution in [0.25, 0.3) is 0 Å². The Kier molecular flexibility index (Phi) is 5.07. The number of carboxylic acids is 1. The first kappa shape index (κ1) is 15.6. The molecule has 1 saturated heterocycles. The van der Waals surface area contributed by atoms with Crippen molar-refractivity contribution in [1.29, 1.82) is 0 Å². The number of rotatable bonds is 4. The van der Waals surface area contributed by atoms with Gasteiger partial charge in [-0.3, -0.25) is 0 Å². The Bertz CT molecular complexity index is 548. The Morgan fingerprint density at radius 1 is 1.43 bits per heavy atom. The summed E-state index contributed by atoms with van der Waals surface area (Å²) in [6, 6.07) is 4.11. The van der Waals surface area contributed by atoms with Gasteiger partial charge in [-0.1, -0.05) is 24.9 Å². The topological polar surface area (TPSA) is 69.6 Å². The number of carbonyl (C=O) groups is 2. The Morgan fingerprint density at radius 2 is 2.19 bits per heavy atom. The van der Waals surface area contributed by atoms with E-state index in [1.54, 1.807) is 11.0 Å². The molecular formula is C15H19ClN2O3. The van der Waals surface area contributed by atoms with Crippen LogP contribution in [0.1, 0.15) is 36.5 Å². The minimum Gasteiger partial charge on any atom is -0.478 e. The quantitative estimate of drug-likeness (QED) is 0.891. The Morgan fingerprint density at radius 3 is 2.86 bits per heavy atom. The summed E-state index contributed by atoms with van der Waals surface area (Å²) < 4.78 is 0. The van der Waals surface area contributed by atoms with Gasteiger partial charge in [0.1, 0.15) is 0 Å². The van der Waals surface area contributed by atoms with Crippen LogP contribution in [-0.4, -0.2) is 35.1 Å². The number of benzene rings is 1. The van der Waals surface area contributed by atoms with Crippen molar-refractivity contribution in [3.63, 3.8) is 0 Å². The Balaban J connectivity index is 2.01. The molecule has 2 amide bonds. The molecule has 2 rings (SSSR count). The third-order valence-corrected chi connectivity index (χ3v) is 3.88. The number of hydrogen-bond acceptors (Lipinski definition) is 2. The molecule has 0 radical (unpaired) electrons. The third kappa shape index (κ3) is 4.11. The summed E-state index contributed by atoms with van der Waals surface area (Å²) in [5, 5.41) is 12.0. The summed E-state index contributed by atoms with van der Waals surface area (Å²) >= 11 is 5.87. The van der Waals surface area contributed by atoms with Gasteiger partial charge in [-0.15, -0.1) is 0 Å². The van der Waals surface area contributed by atoms with E-state index in [1.165, 1.54) is 12.1 Å². The molecule has 1 unspecified atom stereocenters. The van der Waals surface area contributed by atoms with Gasteiger partial charge in [0.05, 0.1) is 5.56 Å². The van der Waals surface area contributed by atoms with Gasteiger partial charge in [0.2, 0.25) is 0 Å². The van der Waals surface area contributed by atoms with Crippen molar-refractivity contribution in [2.45, 2.75) is 26.2 Å². The number of carboxylic acid groups (broad SMARTS) is 1. The van der Waals surface area contributed by atoms with Gasteiger partial charge in [0.25, 0.3) is 0 Å². The number of nitrogens with one attached hydrogen (secondary N) is 1. The first-order valence-corrected chi connectivity index (χ1v) is 7.47. The zero-order valence-electron chi connectivity index (χ0n) is 11.9. The molecule has 0 spiro atoms. The first-order chi connectivity index (χ1) is 9.99. The fourth-order valence-electron chi connectivity index (χ4n) is 2.65.